The number of carbonyl (C=O) groups is 1. The Hall–Kier alpha value is -2.62. The summed E-state index contributed by atoms with van der Waals surface area (Å²) in [7, 11) is 0. The number of nitrogens with one attached hydrogen (secondary N) is 1. The molecule has 4 heteroatoms. The maximum atomic E-state index is 11.9. The molecule has 3 aromatic rings. The van der Waals surface area contributed by atoms with Crippen LogP contribution < -0.4 is 5.32 Å². The van der Waals surface area contributed by atoms with E-state index in [1.807, 2.05) is 59.3 Å². The van der Waals surface area contributed by atoms with Gasteiger partial charge in [0.1, 0.15) is 5.65 Å². The van der Waals surface area contributed by atoms with E-state index in [1.54, 1.807) is 0 Å². The van der Waals surface area contributed by atoms with Gasteiger partial charge < -0.3 is 9.72 Å². The van der Waals surface area contributed by atoms with Crippen molar-refractivity contribution in [1.82, 2.24) is 9.38 Å². The number of rotatable bonds is 3. The molecule has 2 unspecified atom stereocenters. The minimum atomic E-state index is 0.132. The minimum Gasteiger partial charge on any atom is -0.326 e. The molecule has 22 heavy (non-hydrogen) atoms. The molecule has 1 aliphatic rings. The lowest BCUT2D eigenvalue weighted by atomic mass is 10.1. The largest absolute Gasteiger partial charge is 0.326 e. The number of hydrogen-bond donors (Lipinski definition) is 1. The highest BCUT2D eigenvalue weighted by Gasteiger charge is 2.38. The predicted molar refractivity (Wildman–Crippen MR) is 86.5 cm³/mol. The van der Waals surface area contributed by atoms with E-state index >= 15 is 0 Å². The van der Waals surface area contributed by atoms with Gasteiger partial charge >= 0.3 is 0 Å². The lowest BCUT2D eigenvalue weighted by molar-refractivity contribution is -0.117. The summed E-state index contributed by atoms with van der Waals surface area (Å²) in [6.07, 6.45) is 5.00. The second-order valence-corrected chi connectivity index (χ2v) is 5.98. The second-order valence-electron chi connectivity index (χ2n) is 5.98. The number of fused-ring (bicyclic) bond motifs is 1. The van der Waals surface area contributed by atoms with Crippen LogP contribution in [0.15, 0.2) is 54.9 Å². The van der Waals surface area contributed by atoms with Crippen LogP contribution in [0.3, 0.4) is 0 Å². The third-order valence-corrected chi connectivity index (χ3v) is 4.26. The van der Waals surface area contributed by atoms with Crippen LogP contribution in [0.4, 0.5) is 5.69 Å². The third-order valence-electron chi connectivity index (χ3n) is 4.26. The molecule has 1 amide bonds. The summed E-state index contributed by atoms with van der Waals surface area (Å²) in [5.74, 6) is 0.850. The lowest BCUT2D eigenvalue weighted by Gasteiger charge is -2.05. The zero-order valence-corrected chi connectivity index (χ0v) is 12.4. The Morgan fingerprint density at radius 3 is 2.68 bits per heavy atom. The number of hydrogen-bond acceptors (Lipinski definition) is 2. The molecule has 1 aromatic carbocycles. The molecule has 2 heterocycles. The van der Waals surface area contributed by atoms with Crippen molar-refractivity contribution in [1.29, 1.82) is 0 Å². The summed E-state index contributed by atoms with van der Waals surface area (Å²) in [5, 5.41) is 2.97. The number of aromatic nitrogens is 2. The molecule has 2 atom stereocenters. The highest BCUT2D eigenvalue weighted by atomic mass is 16.2. The number of imidazole rings is 1. The maximum absolute atomic E-state index is 11.9. The fourth-order valence-corrected chi connectivity index (χ4v) is 2.72. The van der Waals surface area contributed by atoms with Crippen LogP contribution in [0.5, 0.6) is 0 Å². The van der Waals surface area contributed by atoms with E-state index in [-0.39, 0.29) is 11.8 Å². The predicted octanol–water partition coefficient (Wildman–Crippen LogP) is 3.60. The van der Waals surface area contributed by atoms with Crippen molar-refractivity contribution in [3.05, 3.63) is 54.9 Å². The number of pyridine rings is 1. The quantitative estimate of drug-likeness (QED) is 0.801. The number of amides is 1. The van der Waals surface area contributed by atoms with Crippen LogP contribution in [0.2, 0.25) is 0 Å². The van der Waals surface area contributed by atoms with E-state index in [9.17, 15) is 4.79 Å². The van der Waals surface area contributed by atoms with Crippen molar-refractivity contribution in [2.75, 3.05) is 5.32 Å². The number of nitrogens with zero attached hydrogens (tertiary/aromatic N) is 2. The molecular formula is C18H17N3O. The summed E-state index contributed by atoms with van der Waals surface area (Å²) < 4.78 is 2.00. The summed E-state index contributed by atoms with van der Waals surface area (Å²) in [4.78, 5) is 16.5. The first-order chi connectivity index (χ1) is 10.7. The van der Waals surface area contributed by atoms with Gasteiger partial charge in [0.05, 0.1) is 5.69 Å². The standard InChI is InChI=1S/C18H17N3O/c1-12-10-15(12)18(22)19-14-7-5-13(6-8-14)16-11-21-9-3-2-4-17(21)20-16/h2-9,11-12,15H,10H2,1H3,(H,19,22). The Bertz CT molecular complexity index is 802. The van der Waals surface area contributed by atoms with Gasteiger partial charge in [0.2, 0.25) is 5.91 Å². The second kappa shape index (κ2) is 4.98. The Balaban J connectivity index is 1.54. The number of benzene rings is 1. The Morgan fingerprint density at radius 2 is 2.00 bits per heavy atom. The van der Waals surface area contributed by atoms with Crippen LogP contribution in [-0.4, -0.2) is 15.3 Å². The fraction of sp³-hybridized carbons (Fsp3) is 0.222. The Labute approximate surface area is 128 Å². The van der Waals surface area contributed by atoms with Crippen LogP contribution >= 0.6 is 0 Å². The van der Waals surface area contributed by atoms with Crippen LogP contribution in [0.25, 0.3) is 16.9 Å². The summed E-state index contributed by atoms with van der Waals surface area (Å²) in [6, 6.07) is 13.8. The first kappa shape index (κ1) is 13.1. The normalized spacial score (nSPS) is 20.0. The first-order valence-electron chi connectivity index (χ1n) is 7.56. The molecule has 0 radical (unpaired) electrons. The zero-order chi connectivity index (χ0) is 15.1. The number of anilines is 1. The van der Waals surface area contributed by atoms with E-state index in [0.29, 0.717) is 5.92 Å². The lowest BCUT2D eigenvalue weighted by Crippen LogP contribution is -2.14. The van der Waals surface area contributed by atoms with Gasteiger partial charge in [-0.2, -0.15) is 0 Å². The minimum absolute atomic E-state index is 0.132. The van der Waals surface area contributed by atoms with Gasteiger partial charge in [-0.15, -0.1) is 0 Å². The SMILES string of the molecule is CC1CC1C(=O)Nc1ccc(-c2cn3ccccc3n2)cc1. The fourth-order valence-electron chi connectivity index (χ4n) is 2.72. The molecule has 0 spiro atoms. The molecule has 0 saturated heterocycles. The smallest absolute Gasteiger partial charge is 0.227 e. The summed E-state index contributed by atoms with van der Waals surface area (Å²) >= 11 is 0. The molecule has 4 nitrogen and oxygen atoms in total. The van der Waals surface area contributed by atoms with E-state index in [4.69, 9.17) is 0 Å². The molecule has 1 saturated carbocycles. The van der Waals surface area contributed by atoms with E-state index in [2.05, 4.69) is 17.2 Å². The maximum Gasteiger partial charge on any atom is 0.227 e. The molecule has 1 N–H and O–H groups in total. The number of carbonyl (C=O) groups excluding carboxylic acids is 1. The van der Waals surface area contributed by atoms with Gasteiger partial charge in [-0.25, -0.2) is 4.98 Å². The van der Waals surface area contributed by atoms with Crippen molar-refractivity contribution in [2.24, 2.45) is 11.8 Å². The molecule has 1 fully saturated rings. The van der Waals surface area contributed by atoms with Crippen molar-refractivity contribution < 1.29 is 4.79 Å². The van der Waals surface area contributed by atoms with Gasteiger partial charge in [0.25, 0.3) is 0 Å². The molecule has 4 rings (SSSR count). The molecule has 2 aromatic heterocycles. The molecule has 1 aliphatic carbocycles. The van der Waals surface area contributed by atoms with Crippen LogP contribution in [0, 0.1) is 11.8 Å². The van der Waals surface area contributed by atoms with Crippen LogP contribution in [0.1, 0.15) is 13.3 Å². The first-order valence-corrected chi connectivity index (χ1v) is 7.56. The van der Waals surface area contributed by atoms with Gasteiger partial charge in [0, 0.05) is 29.6 Å². The average molecular weight is 291 g/mol. The molecule has 110 valence electrons. The van der Waals surface area contributed by atoms with Crippen molar-refractivity contribution in [3.63, 3.8) is 0 Å². The summed E-state index contributed by atoms with van der Waals surface area (Å²) in [6.45, 7) is 2.11. The van der Waals surface area contributed by atoms with Gasteiger partial charge in [-0.1, -0.05) is 25.1 Å². The highest BCUT2D eigenvalue weighted by Crippen LogP contribution is 2.38. The average Bonchev–Trinajstić information content (AvgIpc) is 3.11. The van der Waals surface area contributed by atoms with Gasteiger partial charge in [-0.3, -0.25) is 4.79 Å². The Morgan fingerprint density at radius 1 is 1.23 bits per heavy atom. The van der Waals surface area contributed by atoms with Crippen molar-refractivity contribution in [2.45, 2.75) is 13.3 Å². The van der Waals surface area contributed by atoms with Gasteiger partial charge in [0.15, 0.2) is 0 Å². The van der Waals surface area contributed by atoms with Gasteiger partial charge in [-0.05, 0) is 36.6 Å². The van der Waals surface area contributed by atoms with E-state index < -0.39 is 0 Å². The monoisotopic (exact) mass is 291 g/mol. The molecule has 0 bridgehead atoms. The third kappa shape index (κ3) is 2.37. The topological polar surface area (TPSA) is 46.4 Å². The van der Waals surface area contributed by atoms with E-state index in [0.717, 1.165) is 29.0 Å². The molecular weight excluding hydrogens is 274 g/mol. The summed E-state index contributed by atoms with van der Waals surface area (Å²) in [5.41, 5.74) is 3.75. The van der Waals surface area contributed by atoms with Crippen LogP contribution in [-0.2, 0) is 4.79 Å². The zero-order valence-electron chi connectivity index (χ0n) is 12.4. The van der Waals surface area contributed by atoms with Crippen molar-refractivity contribution >= 4 is 17.2 Å². The highest BCUT2D eigenvalue weighted by molar-refractivity contribution is 5.94. The Kier molecular flexibility index (Phi) is 2.96. The van der Waals surface area contributed by atoms with E-state index in [1.165, 1.54) is 0 Å². The van der Waals surface area contributed by atoms with Crippen molar-refractivity contribution in [3.8, 4) is 11.3 Å². The molecule has 0 aliphatic heterocycles.